The predicted molar refractivity (Wildman–Crippen MR) is 71.2 cm³/mol. The van der Waals surface area contributed by atoms with Crippen LogP contribution in [-0.4, -0.2) is 35.2 Å². The van der Waals surface area contributed by atoms with E-state index in [0.717, 1.165) is 6.42 Å². The first kappa shape index (κ1) is 14.0. The van der Waals surface area contributed by atoms with Crippen LogP contribution >= 0.6 is 11.3 Å². The van der Waals surface area contributed by atoms with E-state index in [0.29, 0.717) is 12.8 Å². The molecule has 6 heteroatoms. The lowest BCUT2D eigenvalue weighted by Gasteiger charge is -2.16. The van der Waals surface area contributed by atoms with Crippen LogP contribution in [-0.2, 0) is 20.7 Å². The van der Waals surface area contributed by atoms with E-state index in [4.69, 9.17) is 9.84 Å². The molecule has 0 saturated carbocycles. The van der Waals surface area contributed by atoms with Gasteiger partial charge in [0, 0.05) is 17.3 Å². The van der Waals surface area contributed by atoms with Gasteiger partial charge in [-0.2, -0.15) is 0 Å². The molecule has 1 amide bonds. The maximum Gasteiger partial charge on any atom is 0.332 e. The van der Waals surface area contributed by atoms with Crippen molar-refractivity contribution in [3.8, 4) is 0 Å². The van der Waals surface area contributed by atoms with Gasteiger partial charge in [-0.05, 0) is 31.2 Å². The van der Waals surface area contributed by atoms with Crippen molar-refractivity contribution in [2.24, 2.45) is 0 Å². The van der Waals surface area contributed by atoms with E-state index >= 15 is 0 Å². The Hall–Kier alpha value is -1.40. The molecule has 19 heavy (non-hydrogen) atoms. The highest BCUT2D eigenvalue weighted by molar-refractivity contribution is 7.09. The summed E-state index contributed by atoms with van der Waals surface area (Å²) in [6, 6.07) is 4.02. The van der Waals surface area contributed by atoms with E-state index in [9.17, 15) is 9.59 Å². The molecule has 0 spiro atoms. The predicted octanol–water partition coefficient (Wildman–Crippen LogP) is 1.43. The van der Waals surface area contributed by atoms with E-state index < -0.39 is 18.2 Å². The van der Waals surface area contributed by atoms with Gasteiger partial charge in [0.2, 0.25) is 5.91 Å². The number of carboxylic acids is 1. The smallest absolute Gasteiger partial charge is 0.332 e. The van der Waals surface area contributed by atoms with Crippen molar-refractivity contribution in [1.82, 2.24) is 5.32 Å². The minimum absolute atomic E-state index is 0.0126. The van der Waals surface area contributed by atoms with Crippen LogP contribution in [0.3, 0.4) is 0 Å². The van der Waals surface area contributed by atoms with Gasteiger partial charge < -0.3 is 15.2 Å². The number of nitrogens with one attached hydrogen (secondary N) is 1. The summed E-state index contributed by atoms with van der Waals surface area (Å²) in [7, 11) is 0. The summed E-state index contributed by atoms with van der Waals surface area (Å²) in [5, 5.41) is 13.7. The van der Waals surface area contributed by atoms with Crippen LogP contribution in [0.2, 0.25) is 0 Å². The topological polar surface area (TPSA) is 75.6 Å². The van der Waals surface area contributed by atoms with Crippen molar-refractivity contribution in [3.05, 3.63) is 22.4 Å². The van der Waals surface area contributed by atoms with E-state index in [-0.39, 0.29) is 11.9 Å². The first-order chi connectivity index (χ1) is 9.06. The summed E-state index contributed by atoms with van der Waals surface area (Å²) < 4.78 is 5.21. The second-order valence-electron chi connectivity index (χ2n) is 4.72. The molecule has 0 aromatic carbocycles. The lowest BCUT2D eigenvalue weighted by atomic mass is 10.1. The van der Waals surface area contributed by atoms with Crippen molar-refractivity contribution < 1.29 is 19.4 Å². The molecular weight excluding hydrogens is 266 g/mol. The second kappa shape index (κ2) is 6.16. The Balaban J connectivity index is 1.79. The van der Waals surface area contributed by atoms with Gasteiger partial charge in [-0.1, -0.05) is 6.07 Å². The van der Waals surface area contributed by atoms with Gasteiger partial charge in [0.1, 0.15) is 6.10 Å². The van der Waals surface area contributed by atoms with Crippen LogP contribution in [0.5, 0.6) is 0 Å². The van der Waals surface area contributed by atoms with Crippen molar-refractivity contribution in [2.45, 2.75) is 44.4 Å². The molecule has 1 saturated heterocycles. The highest BCUT2D eigenvalue weighted by Gasteiger charge is 2.34. The standard InChI is InChI=1S/C13H17NO4S/c1-8(7-9-3-2-6-19-9)14-12(15)10-4-5-11(18-10)13(16)17/h2-3,6,8,10-11H,4-5,7H2,1H3,(H,14,15)(H,16,17). The number of carboxylic acid groups (broad SMARTS) is 1. The molecule has 1 aliphatic rings. The quantitative estimate of drug-likeness (QED) is 0.857. The molecule has 1 aliphatic heterocycles. The normalized spacial score (nSPS) is 24.1. The van der Waals surface area contributed by atoms with Crippen LogP contribution < -0.4 is 5.32 Å². The number of amides is 1. The Morgan fingerprint density at radius 2 is 2.26 bits per heavy atom. The number of hydrogen-bond donors (Lipinski definition) is 2. The third-order valence-electron chi connectivity index (χ3n) is 3.06. The molecule has 0 radical (unpaired) electrons. The van der Waals surface area contributed by atoms with E-state index in [1.807, 2.05) is 24.4 Å². The zero-order valence-corrected chi connectivity index (χ0v) is 11.5. The Labute approximate surface area is 115 Å². The van der Waals surface area contributed by atoms with E-state index in [2.05, 4.69) is 5.32 Å². The van der Waals surface area contributed by atoms with Gasteiger partial charge in [-0.25, -0.2) is 4.79 Å². The average Bonchev–Trinajstić information content (AvgIpc) is 2.98. The average molecular weight is 283 g/mol. The Kier molecular flexibility index (Phi) is 4.55. The molecule has 1 aromatic heterocycles. The lowest BCUT2D eigenvalue weighted by Crippen LogP contribution is -2.41. The van der Waals surface area contributed by atoms with Gasteiger partial charge in [-0.3, -0.25) is 4.79 Å². The number of hydrogen-bond acceptors (Lipinski definition) is 4. The van der Waals surface area contributed by atoms with E-state index in [1.54, 1.807) is 11.3 Å². The highest BCUT2D eigenvalue weighted by Crippen LogP contribution is 2.20. The summed E-state index contributed by atoms with van der Waals surface area (Å²) in [4.78, 5) is 23.9. The number of rotatable bonds is 5. The fraction of sp³-hybridized carbons (Fsp3) is 0.538. The minimum Gasteiger partial charge on any atom is -0.479 e. The van der Waals surface area contributed by atoms with Crippen LogP contribution in [0.4, 0.5) is 0 Å². The molecule has 3 atom stereocenters. The summed E-state index contributed by atoms with van der Waals surface area (Å²) in [6.07, 6.45) is 0.162. The monoisotopic (exact) mass is 283 g/mol. The molecule has 2 rings (SSSR count). The van der Waals surface area contributed by atoms with Crippen molar-refractivity contribution in [3.63, 3.8) is 0 Å². The number of thiophene rings is 1. The fourth-order valence-corrected chi connectivity index (χ4v) is 2.96. The summed E-state index contributed by atoms with van der Waals surface area (Å²) >= 11 is 1.65. The first-order valence-corrected chi connectivity index (χ1v) is 7.15. The largest absolute Gasteiger partial charge is 0.479 e. The van der Waals surface area contributed by atoms with Crippen molar-refractivity contribution >= 4 is 23.2 Å². The van der Waals surface area contributed by atoms with Crippen molar-refractivity contribution in [2.75, 3.05) is 0 Å². The third kappa shape index (κ3) is 3.78. The number of aliphatic carboxylic acids is 1. The Morgan fingerprint density at radius 3 is 2.84 bits per heavy atom. The highest BCUT2D eigenvalue weighted by atomic mass is 32.1. The van der Waals surface area contributed by atoms with Crippen LogP contribution in [0.25, 0.3) is 0 Å². The maximum absolute atomic E-state index is 11.9. The number of carbonyl (C=O) groups excluding carboxylic acids is 1. The number of carbonyl (C=O) groups is 2. The number of ether oxygens (including phenoxy) is 1. The summed E-state index contributed by atoms with van der Waals surface area (Å²) in [5.41, 5.74) is 0. The molecule has 1 fully saturated rings. The molecule has 2 heterocycles. The third-order valence-corrected chi connectivity index (χ3v) is 3.96. The molecule has 104 valence electrons. The fourth-order valence-electron chi connectivity index (χ4n) is 2.13. The van der Waals surface area contributed by atoms with Crippen LogP contribution in [0.15, 0.2) is 17.5 Å². The van der Waals surface area contributed by atoms with Crippen molar-refractivity contribution in [1.29, 1.82) is 0 Å². The Bertz CT molecular complexity index is 446. The minimum atomic E-state index is -0.998. The zero-order chi connectivity index (χ0) is 13.8. The summed E-state index contributed by atoms with van der Waals surface area (Å²) in [5.74, 6) is -1.21. The van der Waals surface area contributed by atoms with Crippen LogP contribution in [0.1, 0.15) is 24.6 Å². The molecule has 0 aliphatic carbocycles. The van der Waals surface area contributed by atoms with E-state index in [1.165, 1.54) is 4.88 Å². The molecule has 3 unspecified atom stereocenters. The molecule has 5 nitrogen and oxygen atoms in total. The molecule has 0 bridgehead atoms. The maximum atomic E-state index is 11.9. The van der Waals surface area contributed by atoms with Gasteiger partial charge in [0.25, 0.3) is 0 Å². The summed E-state index contributed by atoms with van der Waals surface area (Å²) in [6.45, 7) is 1.93. The van der Waals surface area contributed by atoms with Gasteiger partial charge >= 0.3 is 5.97 Å². The molecular formula is C13H17NO4S. The first-order valence-electron chi connectivity index (χ1n) is 6.27. The zero-order valence-electron chi connectivity index (χ0n) is 10.7. The second-order valence-corrected chi connectivity index (χ2v) is 5.75. The Morgan fingerprint density at radius 1 is 1.53 bits per heavy atom. The van der Waals surface area contributed by atoms with Gasteiger partial charge in [0.05, 0.1) is 0 Å². The van der Waals surface area contributed by atoms with Gasteiger partial charge in [0.15, 0.2) is 6.10 Å². The lowest BCUT2D eigenvalue weighted by molar-refractivity contribution is -0.151. The SMILES string of the molecule is CC(Cc1cccs1)NC(=O)C1CCC(C(=O)O)O1. The van der Waals surface area contributed by atoms with Gasteiger partial charge in [-0.15, -0.1) is 11.3 Å². The molecule has 1 aromatic rings. The molecule has 2 N–H and O–H groups in total. The van der Waals surface area contributed by atoms with Crippen LogP contribution in [0, 0.1) is 0 Å².